The summed E-state index contributed by atoms with van der Waals surface area (Å²) >= 11 is 3.46. The van der Waals surface area contributed by atoms with Crippen molar-refractivity contribution in [3.63, 3.8) is 0 Å². The molecule has 0 aromatic heterocycles. The van der Waals surface area contributed by atoms with Crippen molar-refractivity contribution in [2.45, 2.75) is 20.3 Å². The minimum Gasteiger partial charge on any atom is -0.298 e. The number of hydrogen-bond acceptors (Lipinski definition) is 1. The van der Waals surface area contributed by atoms with Crippen molar-refractivity contribution in [2.75, 3.05) is 0 Å². The van der Waals surface area contributed by atoms with Crippen LogP contribution in [0.25, 0.3) is 6.08 Å². The lowest BCUT2D eigenvalue weighted by Crippen LogP contribution is -1.83. The second-order valence-corrected chi connectivity index (χ2v) is 4.05. The van der Waals surface area contributed by atoms with Gasteiger partial charge < -0.3 is 0 Å². The van der Waals surface area contributed by atoms with Gasteiger partial charge in [-0.25, -0.2) is 0 Å². The third-order valence-electron chi connectivity index (χ3n) is 2.11. The van der Waals surface area contributed by atoms with Crippen LogP contribution in [0.1, 0.15) is 24.5 Å². The maximum absolute atomic E-state index is 10.6. The van der Waals surface area contributed by atoms with Gasteiger partial charge in [-0.15, -0.1) is 0 Å². The number of carbonyl (C=O) groups is 1. The molecule has 0 saturated heterocycles. The van der Waals surface area contributed by atoms with Crippen LogP contribution in [-0.2, 0) is 4.79 Å². The van der Waals surface area contributed by atoms with E-state index in [4.69, 9.17) is 0 Å². The van der Waals surface area contributed by atoms with E-state index in [0.717, 1.165) is 28.3 Å². The molecule has 0 aliphatic carbocycles. The summed E-state index contributed by atoms with van der Waals surface area (Å²) in [5.74, 6) is 0. The lowest BCUT2D eigenvalue weighted by atomic mass is 10.1. The van der Waals surface area contributed by atoms with E-state index in [2.05, 4.69) is 15.9 Å². The molecule has 0 unspecified atom stereocenters. The van der Waals surface area contributed by atoms with Crippen molar-refractivity contribution in [1.29, 1.82) is 0 Å². The topological polar surface area (TPSA) is 17.1 Å². The summed E-state index contributed by atoms with van der Waals surface area (Å²) in [7, 11) is 0. The molecule has 0 radical (unpaired) electrons. The summed E-state index contributed by atoms with van der Waals surface area (Å²) < 4.78 is 1.08. The molecule has 1 aromatic rings. The third-order valence-corrected chi connectivity index (χ3v) is 2.96. The molecular weight excluding hydrogens is 240 g/mol. The molecule has 0 amide bonds. The van der Waals surface area contributed by atoms with Crippen molar-refractivity contribution in [3.05, 3.63) is 39.4 Å². The first-order valence-electron chi connectivity index (χ1n) is 4.59. The summed E-state index contributed by atoms with van der Waals surface area (Å²) in [4.78, 5) is 10.6. The zero-order valence-electron chi connectivity index (χ0n) is 8.38. The predicted molar refractivity (Wildman–Crippen MR) is 63.2 cm³/mol. The Balaban J connectivity index is 3.03. The Morgan fingerprint density at radius 3 is 2.71 bits per heavy atom. The van der Waals surface area contributed by atoms with Crippen LogP contribution in [0, 0.1) is 6.92 Å². The Kier molecular flexibility index (Phi) is 4.08. The van der Waals surface area contributed by atoms with E-state index in [1.165, 1.54) is 5.56 Å². The van der Waals surface area contributed by atoms with Crippen molar-refractivity contribution >= 4 is 28.3 Å². The number of aryl methyl sites for hydroxylation is 1. The Morgan fingerprint density at radius 1 is 1.50 bits per heavy atom. The molecule has 1 aromatic carbocycles. The van der Waals surface area contributed by atoms with Crippen molar-refractivity contribution in [2.24, 2.45) is 0 Å². The van der Waals surface area contributed by atoms with Crippen LogP contribution in [0.3, 0.4) is 0 Å². The Morgan fingerprint density at radius 2 is 2.21 bits per heavy atom. The van der Waals surface area contributed by atoms with E-state index in [0.29, 0.717) is 0 Å². The summed E-state index contributed by atoms with van der Waals surface area (Å²) in [6.45, 7) is 4.02. The molecular formula is C12H13BrO. The van der Waals surface area contributed by atoms with Gasteiger partial charge in [-0.1, -0.05) is 35.0 Å². The zero-order valence-corrected chi connectivity index (χ0v) is 9.97. The van der Waals surface area contributed by atoms with Crippen LogP contribution in [0.4, 0.5) is 0 Å². The average Bonchev–Trinajstić information content (AvgIpc) is 2.19. The number of allylic oxidation sites excluding steroid dienone is 1. The summed E-state index contributed by atoms with van der Waals surface area (Å²) in [6.07, 6.45) is 3.60. The normalized spacial score (nSPS) is 11.5. The first-order chi connectivity index (χ1) is 6.67. The standard InChI is InChI=1S/C12H13BrO/c1-3-10(8-14)6-11-5-4-9(2)12(13)7-11/h4-8H,3H2,1-2H3/b10-6-. The first-order valence-corrected chi connectivity index (χ1v) is 5.38. The second-order valence-electron chi connectivity index (χ2n) is 3.20. The van der Waals surface area contributed by atoms with E-state index in [-0.39, 0.29) is 0 Å². The summed E-state index contributed by atoms with van der Waals surface area (Å²) in [5, 5.41) is 0. The first kappa shape index (κ1) is 11.2. The number of benzene rings is 1. The fourth-order valence-electron chi connectivity index (χ4n) is 1.13. The predicted octanol–water partition coefficient (Wildman–Crippen LogP) is 3.75. The van der Waals surface area contributed by atoms with Gasteiger partial charge in [0.1, 0.15) is 6.29 Å². The fourth-order valence-corrected chi connectivity index (χ4v) is 1.53. The second kappa shape index (κ2) is 5.11. The van der Waals surface area contributed by atoms with Crippen molar-refractivity contribution in [1.82, 2.24) is 0 Å². The van der Waals surface area contributed by atoms with Gasteiger partial charge in [-0.05, 0) is 42.2 Å². The molecule has 0 fully saturated rings. The Hall–Kier alpha value is -0.890. The smallest absolute Gasteiger partial charge is 0.146 e. The zero-order chi connectivity index (χ0) is 10.6. The van der Waals surface area contributed by atoms with Gasteiger partial charge >= 0.3 is 0 Å². The van der Waals surface area contributed by atoms with Crippen LogP contribution in [-0.4, -0.2) is 6.29 Å². The largest absolute Gasteiger partial charge is 0.298 e. The van der Waals surface area contributed by atoms with Gasteiger partial charge in [0, 0.05) is 4.47 Å². The molecule has 1 rings (SSSR count). The van der Waals surface area contributed by atoms with Crippen LogP contribution in [0.2, 0.25) is 0 Å². The summed E-state index contributed by atoms with van der Waals surface area (Å²) in [5.41, 5.74) is 3.08. The van der Waals surface area contributed by atoms with Crippen LogP contribution in [0.5, 0.6) is 0 Å². The van der Waals surface area contributed by atoms with Gasteiger partial charge in [0.15, 0.2) is 0 Å². The number of rotatable bonds is 3. The van der Waals surface area contributed by atoms with Crippen LogP contribution < -0.4 is 0 Å². The highest BCUT2D eigenvalue weighted by atomic mass is 79.9. The van der Waals surface area contributed by atoms with Gasteiger partial charge in [0.2, 0.25) is 0 Å². The van der Waals surface area contributed by atoms with E-state index in [9.17, 15) is 4.79 Å². The lowest BCUT2D eigenvalue weighted by molar-refractivity contribution is -0.104. The number of hydrogen-bond donors (Lipinski definition) is 0. The molecule has 0 aliphatic rings. The van der Waals surface area contributed by atoms with Gasteiger partial charge in [0.05, 0.1) is 0 Å². The van der Waals surface area contributed by atoms with Crippen LogP contribution in [0.15, 0.2) is 28.2 Å². The monoisotopic (exact) mass is 252 g/mol. The Labute approximate surface area is 93.0 Å². The molecule has 1 nitrogen and oxygen atoms in total. The van der Waals surface area contributed by atoms with Crippen molar-refractivity contribution < 1.29 is 4.79 Å². The Bertz CT molecular complexity index is 367. The highest BCUT2D eigenvalue weighted by Gasteiger charge is 1.96. The number of aldehydes is 1. The maximum atomic E-state index is 10.6. The number of halogens is 1. The SMILES string of the molecule is CC/C(C=O)=C/c1ccc(C)c(Br)c1. The molecule has 0 saturated carbocycles. The molecule has 0 aliphatic heterocycles. The molecule has 0 atom stereocenters. The third kappa shape index (κ3) is 2.81. The average molecular weight is 253 g/mol. The van der Waals surface area contributed by atoms with Gasteiger partial charge in [-0.3, -0.25) is 4.79 Å². The lowest BCUT2D eigenvalue weighted by Gasteiger charge is -2.00. The summed E-state index contributed by atoms with van der Waals surface area (Å²) in [6, 6.07) is 6.07. The molecule has 0 heterocycles. The molecule has 0 spiro atoms. The molecule has 0 N–H and O–H groups in total. The fraction of sp³-hybridized carbons (Fsp3) is 0.250. The highest BCUT2D eigenvalue weighted by Crippen LogP contribution is 2.19. The molecule has 14 heavy (non-hydrogen) atoms. The van der Waals surface area contributed by atoms with Gasteiger partial charge in [0.25, 0.3) is 0 Å². The maximum Gasteiger partial charge on any atom is 0.146 e. The van der Waals surface area contributed by atoms with E-state index in [1.54, 1.807) is 0 Å². The van der Waals surface area contributed by atoms with E-state index >= 15 is 0 Å². The van der Waals surface area contributed by atoms with Gasteiger partial charge in [-0.2, -0.15) is 0 Å². The minimum absolute atomic E-state index is 0.773. The molecule has 0 bridgehead atoms. The van der Waals surface area contributed by atoms with Crippen LogP contribution >= 0.6 is 15.9 Å². The molecule has 74 valence electrons. The highest BCUT2D eigenvalue weighted by molar-refractivity contribution is 9.10. The number of carbonyl (C=O) groups excluding carboxylic acids is 1. The quantitative estimate of drug-likeness (QED) is 0.592. The van der Waals surface area contributed by atoms with Crippen molar-refractivity contribution in [3.8, 4) is 0 Å². The molecule has 2 heteroatoms. The van der Waals surface area contributed by atoms with E-state index in [1.807, 2.05) is 38.1 Å². The minimum atomic E-state index is 0.773. The van der Waals surface area contributed by atoms with E-state index < -0.39 is 0 Å².